The molecular weight excluding hydrogens is 615 g/mol. The summed E-state index contributed by atoms with van der Waals surface area (Å²) in [4.78, 5) is 19.6. The van der Waals surface area contributed by atoms with Crippen molar-refractivity contribution >= 4 is 43.7 Å². The van der Waals surface area contributed by atoms with Crippen LogP contribution < -0.4 is 0 Å². The van der Waals surface area contributed by atoms with Crippen molar-refractivity contribution in [2.75, 3.05) is 0 Å². The molecule has 0 unspecified atom stereocenters. The number of aromatic nitrogens is 5. The molecule has 10 aromatic rings. The quantitative estimate of drug-likeness (QED) is 0.187. The Morgan fingerprint density at radius 1 is 0.420 bits per heavy atom. The Balaban J connectivity index is 1.16. The Morgan fingerprint density at radius 2 is 1.02 bits per heavy atom. The van der Waals surface area contributed by atoms with E-state index in [1.165, 1.54) is 0 Å². The lowest BCUT2D eigenvalue weighted by molar-refractivity contribution is 0.669. The topological polar surface area (TPSA) is 69.6 Å². The zero-order chi connectivity index (χ0) is 33.0. The van der Waals surface area contributed by atoms with Gasteiger partial charge < -0.3 is 8.98 Å². The number of hydrogen-bond acceptors (Lipinski definition) is 5. The summed E-state index contributed by atoms with van der Waals surface area (Å²) in [6.45, 7) is 0. The molecule has 0 saturated heterocycles. The van der Waals surface area contributed by atoms with E-state index in [0.29, 0.717) is 17.5 Å². The third-order valence-electron chi connectivity index (χ3n) is 9.37. The van der Waals surface area contributed by atoms with Gasteiger partial charge in [0.15, 0.2) is 17.5 Å². The van der Waals surface area contributed by atoms with Crippen molar-refractivity contribution in [3.05, 3.63) is 164 Å². The average Bonchev–Trinajstić information content (AvgIpc) is 3.73. The second kappa shape index (κ2) is 11.4. The van der Waals surface area contributed by atoms with E-state index in [-0.39, 0.29) is 0 Å². The summed E-state index contributed by atoms with van der Waals surface area (Å²) < 4.78 is 8.51. The van der Waals surface area contributed by atoms with E-state index >= 15 is 0 Å². The minimum atomic E-state index is 0.580. The second-order valence-electron chi connectivity index (χ2n) is 12.3. The Morgan fingerprint density at radius 3 is 1.80 bits per heavy atom. The smallest absolute Gasteiger partial charge is 0.166 e. The summed E-state index contributed by atoms with van der Waals surface area (Å²) in [6, 6.07) is 51.9. The van der Waals surface area contributed by atoms with Gasteiger partial charge in [0.25, 0.3) is 0 Å². The summed E-state index contributed by atoms with van der Waals surface area (Å²) in [5, 5.41) is 4.54. The molecule has 0 atom stereocenters. The number of para-hydroxylation sites is 2. The van der Waals surface area contributed by atoms with Crippen molar-refractivity contribution in [1.29, 1.82) is 0 Å². The van der Waals surface area contributed by atoms with Crippen LogP contribution in [0.25, 0.3) is 94.7 Å². The van der Waals surface area contributed by atoms with Crippen LogP contribution in [-0.2, 0) is 0 Å². The number of pyridine rings is 1. The third kappa shape index (κ3) is 4.58. The largest absolute Gasteiger partial charge is 0.456 e. The zero-order valence-electron chi connectivity index (χ0n) is 26.7. The first-order valence-electron chi connectivity index (χ1n) is 16.5. The van der Waals surface area contributed by atoms with Crippen LogP contribution in [0.2, 0.25) is 0 Å². The van der Waals surface area contributed by atoms with Crippen molar-refractivity contribution in [2.24, 2.45) is 0 Å². The van der Waals surface area contributed by atoms with E-state index in [1.54, 1.807) is 6.20 Å². The zero-order valence-corrected chi connectivity index (χ0v) is 26.7. The Kier molecular flexibility index (Phi) is 6.39. The molecule has 0 aliphatic rings. The fraction of sp³-hybridized carbons (Fsp3) is 0. The highest BCUT2D eigenvalue weighted by molar-refractivity contribution is 6.11. The summed E-state index contributed by atoms with van der Waals surface area (Å²) in [6.07, 6.45) is 3.70. The molecule has 6 nitrogen and oxygen atoms in total. The molecule has 0 amide bonds. The van der Waals surface area contributed by atoms with E-state index in [0.717, 1.165) is 77.2 Å². The van der Waals surface area contributed by atoms with Gasteiger partial charge in [0, 0.05) is 44.4 Å². The molecule has 234 valence electrons. The van der Waals surface area contributed by atoms with Crippen molar-refractivity contribution in [2.45, 2.75) is 0 Å². The van der Waals surface area contributed by atoms with Crippen molar-refractivity contribution in [3.8, 4) is 51.0 Å². The predicted octanol–water partition coefficient (Wildman–Crippen LogP) is 10.9. The SMILES string of the molecule is c1ccc(-c2nc(-c3ccccc3)nc(-c3ccncc3-n3c4ccccc4c4cc(-c5ccc6c(c5)oc5ccccc56)ccc43)n2)cc1. The van der Waals surface area contributed by atoms with Gasteiger partial charge in [0.2, 0.25) is 0 Å². The molecule has 0 radical (unpaired) electrons. The third-order valence-corrected chi connectivity index (χ3v) is 9.37. The second-order valence-corrected chi connectivity index (χ2v) is 12.3. The minimum Gasteiger partial charge on any atom is -0.456 e. The maximum Gasteiger partial charge on any atom is 0.166 e. The summed E-state index contributed by atoms with van der Waals surface area (Å²) in [5.74, 6) is 1.81. The van der Waals surface area contributed by atoms with Gasteiger partial charge in [-0.2, -0.15) is 0 Å². The van der Waals surface area contributed by atoms with E-state index in [4.69, 9.17) is 19.4 Å². The maximum absolute atomic E-state index is 6.24. The lowest BCUT2D eigenvalue weighted by Gasteiger charge is -2.14. The van der Waals surface area contributed by atoms with Gasteiger partial charge in [0.05, 0.1) is 22.9 Å². The molecule has 0 aliphatic heterocycles. The van der Waals surface area contributed by atoms with Crippen molar-refractivity contribution in [1.82, 2.24) is 24.5 Å². The highest BCUT2D eigenvalue weighted by Crippen LogP contribution is 2.39. The van der Waals surface area contributed by atoms with Gasteiger partial charge in [-0.3, -0.25) is 4.98 Å². The van der Waals surface area contributed by atoms with Crippen LogP contribution in [-0.4, -0.2) is 24.5 Å². The first kappa shape index (κ1) is 28.1. The molecule has 0 fully saturated rings. The molecule has 10 rings (SSSR count). The van der Waals surface area contributed by atoms with Gasteiger partial charge in [-0.15, -0.1) is 0 Å². The Bertz CT molecular complexity index is 2820. The first-order chi connectivity index (χ1) is 24.8. The van der Waals surface area contributed by atoms with Gasteiger partial charge in [-0.1, -0.05) is 109 Å². The maximum atomic E-state index is 6.24. The summed E-state index contributed by atoms with van der Waals surface area (Å²) in [5.41, 5.74) is 9.73. The number of benzene rings is 6. The molecule has 4 heterocycles. The highest BCUT2D eigenvalue weighted by atomic mass is 16.3. The summed E-state index contributed by atoms with van der Waals surface area (Å²) >= 11 is 0. The van der Waals surface area contributed by atoms with Gasteiger partial charge in [-0.05, 0) is 53.6 Å². The van der Waals surface area contributed by atoms with Gasteiger partial charge in [0.1, 0.15) is 11.2 Å². The lowest BCUT2D eigenvalue weighted by atomic mass is 10.0. The number of hydrogen-bond donors (Lipinski definition) is 0. The van der Waals surface area contributed by atoms with Gasteiger partial charge >= 0.3 is 0 Å². The first-order valence-corrected chi connectivity index (χ1v) is 16.5. The van der Waals surface area contributed by atoms with Crippen LogP contribution in [0.15, 0.2) is 168 Å². The Hall–Kier alpha value is -6.92. The van der Waals surface area contributed by atoms with E-state index in [1.807, 2.05) is 91.1 Å². The van der Waals surface area contributed by atoms with Gasteiger partial charge in [-0.25, -0.2) is 15.0 Å². The number of nitrogens with zero attached hydrogens (tertiary/aromatic N) is 5. The van der Waals surface area contributed by atoms with Crippen LogP contribution in [0.4, 0.5) is 0 Å². The fourth-order valence-corrected chi connectivity index (χ4v) is 7.00. The number of fused-ring (bicyclic) bond motifs is 6. The van der Waals surface area contributed by atoms with E-state index < -0.39 is 0 Å². The average molecular weight is 642 g/mol. The van der Waals surface area contributed by atoms with Crippen LogP contribution in [0.1, 0.15) is 0 Å². The summed E-state index contributed by atoms with van der Waals surface area (Å²) in [7, 11) is 0. The molecule has 0 saturated carbocycles. The monoisotopic (exact) mass is 641 g/mol. The highest BCUT2D eigenvalue weighted by Gasteiger charge is 2.20. The number of furan rings is 1. The number of rotatable bonds is 5. The standard InChI is InChI=1S/C44H27N5O/c1-3-11-28(12-4-1)42-46-43(29-13-5-2-6-14-29)48-44(47-42)35-23-24-45-27-39(35)49-37-17-9-7-15-32(37)36-25-30(20-22-38(36)49)31-19-21-34-33-16-8-10-18-40(33)50-41(34)26-31/h1-27H. The van der Waals surface area contributed by atoms with E-state index in [9.17, 15) is 0 Å². The predicted molar refractivity (Wildman–Crippen MR) is 201 cm³/mol. The van der Waals surface area contributed by atoms with Crippen LogP contribution >= 0.6 is 0 Å². The van der Waals surface area contributed by atoms with Crippen molar-refractivity contribution < 1.29 is 4.42 Å². The van der Waals surface area contributed by atoms with Crippen molar-refractivity contribution in [3.63, 3.8) is 0 Å². The molecule has 6 heteroatoms. The fourth-order valence-electron chi connectivity index (χ4n) is 7.00. The lowest BCUT2D eigenvalue weighted by Crippen LogP contribution is -2.04. The van der Waals surface area contributed by atoms with Crippen LogP contribution in [0, 0.1) is 0 Å². The molecular formula is C44H27N5O. The van der Waals surface area contributed by atoms with Crippen LogP contribution in [0.5, 0.6) is 0 Å². The molecule has 4 aromatic heterocycles. The minimum absolute atomic E-state index is 0.580. The molecule has 0 bridgehead atoms. The molecule has 0 spiro atoms. The molecule has 6 aromatic carbocycles. The normalized spacial score (nSPS) is 11.6. The molecule has 0 N–H and O–H groups in total. The Labute approximate surface area is 287 Å². The molecule has 0 aliphatic carbocycles. The molecule has 50 heavy (non-hydrogen) atoms. The van der Waals surface area contributed by atoms with Crippen LogP contribution in [0.3, 0.4) is 0 Å². The van der Waals surface area contributed by atoms with E-state index in [2.05, 4.69) is 76.3 Å².